The van der Waals surface area contributed by atoms with Crippen LogP contribution in [-0.4, -0.2) is 12.0 Å². The minimum atomic E-state index is -0.0417. The first-order valence-electron chi connectivity index (χ1n) is 6.28. The summed E-state index contributed by atoms with van der Waals surface area (Å²) in [5.74, 6) is 0. The maximum Gasteiger partial charge on any atom is 0.124 e. The van der Waals surface area contributed by atoms with E-state index >= 15 is 0 Å². The Morgan fingerprint density at radius 3 is 2.58 bits per heavy atom. The van der Waals surface area contributed by atoms with Crippen molar-refractivity contribution in [1.82, 2.24) is 10.3 Å². The van der Waals surface area contributed by atoms with Crippen LogP contribution in [0.2, 0.25) is 0 Å². The van der Waals surface area contributed by atoms with Crippen molar-refractivity contribution in [3.8, 4) is 10.6 Å². The van der Waals surface area contributed by atoms with Gasteiger partial charge in [-0.1, -0.05) is 22.0 Å². The molecule has 0 fully saturated rings. The molecule has 0 atom stereocenters. The van der Waals surface area contributed by atoms with Crippen LogP contribution >= 0.6 is 27.3 Å². The zero-order valence-electron chi connectivity index (χ0n) is 12.0. The van der Waals surface area contributed by atoms with Crippen LogP contribution < -0.4 is 5.32 Å². The number of thiazole rings is 1. The molecular weight excluding hydrogens is 320 g/mol. The summed E-state index contributed by atoms with van der Waals surface area (Å²) in [5.41, 5.74) is 3.53. The van der Waals surface area contributed by atoms with E-state index in [0.29, 0.717) is 0 Å². The van der Waals surface area contributed by atoms with Gasteiger partial charge in [0.25, 0.3) is 0 Å². The first-order valence-corrected chi connectivity index (χ1v) is 7.89. The van der Waals surface area contributed by atoms with Crippen LogP contribution in [0.3, 0.4) is 0 Å². The number of aromatic nitrogens is 1. The van der Waals surface area contributed by atoms with Crippen LogP contribution in [0.5, 0.6) is 0 Å². The third-order valence-corrected chi connectivity index (χ3v) is 5.43. The van der Waals surface area contributed by atoms with E-state index in [9.17, 15) is 0 Å². The molecule has 1 N–H and O–H groups in total. The monoisotopic (exact) mass is 338 g/mol. The molecule has 0 amide bonds. The van der Waals surface area contributed by atoms with Gasteiger partial charge in [-0.15, -0.1) is 11.3 Å². The Balaban J connectivity index is 2.54. The highest BCUT2D eigenvalue weighted by Crippen LogP contribution is 2.36. The maximum absolute atomic E-state index is 4.75. The Bertz CT molecular complexity index is 602. The highest BCUT2D eigenvalue weighted by Gasteiger charge is 2.24. The van der Waals surface area contributed by atoms with Crippen LogP contribution in [0.4, 0.5) is 0 Å². The number of benzene rings is 1. The van der Waals surface area contributed by atoms with Gasteiger partial charge in [-0.2, -0.15) is 0 Å². The summed E-state index contributed by atoms with van der Waals surface area (Å²) >= 11 is 5.31. The molecular formula is C15H19BrN2S. The second-order valence-corrected chi connectivity index (χ2v) is 7.18. The Morgan fingerprint density at radius 2 is 1.95 bits per heavy atom. The standard InChI is InChI=1S/C15H19BrN2S/c1-9-6-7-11(16)8-12(9)14-18-10(2)13(19-14)15(3,4)17-5/h6-8,17H,1-5H3. The van der Waals surface area contributed by atoms with Crippen molar-refractivity contribution in [1.29, 1.82) is 0 Å². The van der Waals surface area contributed by atoms with Crippen molar-refractivity contribution in [3.05, 3.63) is 38.8 Å². The topological polar surface area (TPSA) is 24.9 Å². The molecule has 2 rings (SSSR count). The van der Waals surface area contributed by atoms with E-state index in [2.05, 4.69) is 67.1 Å². The predicted molar refractivity (Wildman–Crippen MR) is 86.8 cm³/mol. The molecule has 0 saturated heterocycles. The average molecular weight is 339 g/mol. The summed E-state index contributed by atoms with van der Waals surface area (Å²) in [6.45, 7) is 8.58. The number of rotatable bonds is 3. The highest BCUT2D eigenvalue weighted by atomic mass is 79.9. The first kappa shape index (κ1) is 14.7. The zero-order chi connectivity index (χ0) is 14.2. The van der Waals surface area contributed by atoms with Gasteiger partial charge >= 0.3 is 0 Å². The second-order valence-electron chi connectivity index (χ2n) is 5.27. The molecule has 102 valence electrons. The lowest BCUT2D eigenvalue weighted by Crippen LogP contribution is -2.32. The average Bonchev–Trinajstić information content (AvgIpc) is 2.75. The lowest BCUT2D eigenvalue weighted by atomic mass is 10.0. The van der Waals surface area contributed by atoms with E-state index < -0.39 is 0 Å². The number of nitrogens with zero attached hydrogens (tertiary/aromatic N) is 1. The maximum atomic E-state index is 4.75. The highest BCUT2D eigenvalue weighted by molar-refractivity contribution is 9.10. The molecule has 0 aliphatic carbocycles. The van der Waals surface area contributed by atoms with Crippen LogP contribution in [0.1, 0.15) is 30.0 Å². The third kappa shape index (κ3) is 2.91. The van der Waals surface area contributed by atoms with Gasteiger partial charge in [-0.3, -0.25) is 0 Å². The molecule has 4 heteroatoms. The second kappa shape index (κ2) is 5.35. The van der Waals surface area contributed by atoms with Gasteiger partial charge in [-0.25, -0.2) is 4.98 Å². The van der Waals surface area contributed by atoms with E-state index in [0.717, 1.165) is 15.2 Å². The summed E-state index contributed by atoms with van der Waals surface area (Å²) in [5, 5.41) is 4.44. The fourth-order valence-electron chi connectivity index (χ4n) is 2.03. The van der Waals surface area contributed by atoms with Crippen molar-refractivity contribution in [2.24, 2.45) is 0 Å². The summed E-state index contributed by atoms with van der Waals surface area (Å²) in [7, 11) is 1.99. The van der Waals surface area contributed by atoms with E-state index in [4.69, 9.17) is 4.98 Å². The Kier molecular flexibility index (Phi) is 4.14. The minimum absolute atomic E-state index is 0.0417. The summed E-state index contributed by atoms with van der Waals surface area (Å²) in [6, 6.07) is 6.33. The number of hydrogen-bond acceptors (Lipinski definition) is 3. The van der Waals surface area contributed by atoms with E-state index in [-0.39, 0.29) is 5.54 Å². The summed E-state index contributed by atoms with van der Waals surface area (Å²) in [6.07, 6.45) is 0. The normalized spacial score (nSPS) is 11.9. The SMILES string of the molecule is CNC(C)(C)c1sc(-c2cc(Br)ccc2C)nc1C. The number of halogens is 1. The van der Waals surface area contributed by atoms with Gasteiger partial charge < -0.3 is 5.32 Å². The van der Waals surface area contributed by atoms with Gasteiger partial charge in [0.2, 0.25) is 0 Å². The van der Waals surface area contributed by atoms with Crippen molar-refractivity contribution in [3.63, 3.8) is 0 Å². The molecule has 0 spiro atoms. The molecule has 0 unspecified atom stereocenters. The van der Waals surface area contributed by atoms with E-state index in [1.165, 1.54) is 16.0 Å². The number of hydrogen-bond donors (Lipinski definition) is 1. The lowest BCUT2D eigenvalue weighted by Gasteiger charge is -2.22. The third-order valence-electron chi connectivity index (χ3n) is 3.42. The molecule has 0 bridgehead atoms. The smallest absolute Gasteiger partial charge is 0.124 e. The molecule has 0 radical (unpaired) electrons. The number of aryl methyl sites for hydroxylation is 2. The van der Waals surface area contributed by atoms with Crippen LogP contribution in [0, 0.1) is 13.8 Å². The zero-order valence-corrected chi connectivity index (χ0v) is 14.4. The molecule has 0 saturated carbocycles. The van der Waals surface area contributed by atoms with Gasteiger partial charge in [0.05, 0.1) is 5.69 Å². The van der Waals surface area contributed by atoms with Crippen LogP contribution in [-0.2, 0) is 5.54 Å². The minimum Gasteiger partial charge on any atom is -0.310 e. The summed E-state index contributed by atoms with van der Waals surface area (Å²) < 4.78 is 1.09. The number of nitrogens with one attached hydrogen (secondary N) is 1. The molecule has 2 aromatic rings. The largest absolute Gasteiger partial charge is 0.310 e. The lowest BCUT2D eigenvalue weighted by molar-refractivity contribution is 0.450. The fourth-order valence-corrected chi connectivity index (χ4v) is 3.65. The Labute approximate surface area is 127 Å². The van der Waals surface area contributed by atoms with E-state index in [1.54, 1.807) is 11.3 Å². The Morgan fingerprint density at radius 1 is 1.26 bits per heavy atom. The van der Waals surface area contributed by atoms with Crippen molar-refractivity contribution < 1.29 is 0 Å². The van der Waals surface area contributed by atoms with Crippen LogP contribution in [0.25, 0.3) is 10.6 Å². The molecule has 0 aliphatic rings. The molecule has 1 aromatic carbocycles. The van der Waals surface area contributed by atoms with Gasteiger partial charge in [0, 0.05) is 20.5 Å². The first-order chi connectivity index (χ1) is 8.85. The van der Waals surface area contributed by atoms with E-state index in [1.807, 2.05) is 7.05 Å². The summed E-state index contributed by atoms with van der Waals surface area (Å²) in [4.78, 5) is 6.05. The molecule has 1 heterocycles. The van der Waals surface area contributed by atoms with Crippen molar-refractivity contribution >= 4 is 27.3 Å². The van der Waals surface area contributed by atoms with Gasteiger partial charge in [0.15, 0.2) is 0 Å². The van der Waals surface area contributed by atoms with Crippen molar-refractivity contribution in [2.75, 3.05) is 7.05 Å². The van der Waals surface area contributed by atoms with Gasteiger partial charge in [-0.05, 0) is 52.4 Å². The molecule has 19 heavy (non-hydrogen) atoms. The predicted octanol–water partition coefficient (Wildman–Crippen LogP) is 4.64. The fraction of sp³-hybridized carbons (Fsp3) is 0.400. The molecule has 0 aliphatic heterocycles. The Hall–Kier alpha value is -0.710. The molecule has 2 nitrogen and oxygen atoms in total. The van der Waals surface area contributed by atoms with Gasteiger partial charge in [0.1, 0.15) is 5.01 Å². The van der Waals surface area contributed by atoms with Crippen molar-refractivity contribution in [2.45, 2.75) is 33.2 Å². The molecule has 1 aromatic heterocycles. The van der Waals surface area contributed by atoms with Crippen LogP contribution in [0.15, 0.2) is 22.7 Å². The quantitative estimate of drug-likeness (QED) is 0.881.